The standard InChI is InChI=1S/C45H55ClN8O7/c1-28-24-29(2)40-38(28)41(50-27-49-40)52-20-22-53(23-21-52)43(58)33(30-12-14-31(46)15-13-30)25-47-18-7-5-3-4-6-8-19-48-37(56)26-61-35-11-9-10-32-39(35)45(60)54(44(32)59)34-16-17-36(55)51-42(34)57/h9-15,27-29,33-34,47H,3-8,16-26H2,1-2H3,(H,48,56)(H,51,55,57)/t28-,29-,33-,34?/m1/s1. The van der Waals surface area contributed by atoms with Crippen LogP contribution in [0.1, 0.15) is 127 Å². The molecule has 1 unspecified atom stereocenters. The fraction of sp³-hybridized carbons (Fsp3) is 0.511. The molecule has 3 aromatic rings. The molecule has 4 atom stereocenters. The maximum atomic E-state index is 14.0. The highest BCUT2D eigenvalue weighted by Crippen LogP contribution is 2.44. The van der Waals surface area contributed by atoms with E-state index in [9.17, 15) is 28.8 Å². The quantitative estimate of drug-likeness (QED) is 0.119. The van der Waals surface area contributed by atoms with Crippen molar-refractivity contribution in [3.63, 3.8) is 0 Å². The number of nitrogens with zero attached hydrogens (tertiary/aromatic N) is 5. The van der Waals surface area contributed by atoms with Crippen molar-refractivity contribution in [1.29, 1.82) is 0 Å². The summed E-state index contributed by atoms with van der Waals surface area (Å²) in [6.45, 7) is 8.71. The smallest absolute Gasteiger partial charge is 0.266 e. The summed E-state index contributed by atoms with van der Waals surface area (Å²) >= 11 is 6.21. The van der Waals surface area contributed by atoms with Crippen LogP contribution in [0.2, 0.25) is 5.02 Å². The number of piperidine rings is 1. The minimum atomic E-state index is -1.09. The number of carbonyl (C=O) groups excluding carboxylic acids is 6. The zero-order valence-electron chi connectivity index (χ0n) is 34.9. The van der Waals surface area contributed by atoms with Crippen LogP contribution in [0.3, 0.4) is 0 Å². The molecule has 2 fully saturated rings. The van der Waals surface area contributed by atoms with Gasteiger partial charge < -0.3 is 25.2 Å². The molecule has 7 rings (SSSR count). The van der Waals surface area contributed by atoms with E-state index in [1.807, 2.05) is 29.2 Å². The van der Waals surface area contributed by atoms with Gasteiger partial charge in [-0.15, -0.1) is 0 Å². The number of piperazine rings is 1. The number of aromatic nitrogens is 2. The first-order valence-corrected chi connectivity index (χ1v) is 22.0. The normalized spacial score (nSPS) is 20.4. The number of anilines is 1. The van der Waals surface area contributed by atoms with Crippen molar-refractivity contribution in [2.75, 3.05) is 57.3 Å². The van der Waals surface area contributed by atoms with Gasteiger partial charge in [-0.1, -0.05) is 69.3 Å². The van der Waals surface area contributed by atoms with Crippen molar-refractivity contribution in [2.45, 2.75) is 95.4 Å². The van der Waals surface area contributed by atoms with E-state index < -0.39 is 29.7 Å². The van der Waals surface area contributed by atoms with Crippen LogP contribution in [-0.4, -0.2) is 114 Å². The molecule has 1 aliphatic carbocycles. The Morgan fingerprint density at radius 2 is 1.61 bits per heavy atom. The molecular weight excluding hydrogens is 800 g/mol. The van der Waals surface area contributed by atoms with Crippen molar-refractivity contribution in [1.82, 2.24) is 35.7 Å². The van der Waals surface area contributed by atoms with Crippen LogP contribution >= 0.6 is 11.6 Å². The Kier molecular flexibility index (Phi) is 14.3. The number of nitrogens with one attached hydrogen (secondary N) is 3. The summed E-state index contributed by atoms with van der Waals surface area (Å²) in [7, 11) is 0. The highest BCUT2D eigenvalue weighted by Gasteiger charge is 2.46. The summed E-state index contributed by atoms with van der Waals surface area (Å²) in [6.07, 6.45) is 8.70. The number of ether oxygens (including phenoxy) is 1. The van der Waals surface area contributed by atoms with Gasteiger partial charge in [0.05, 0.1) is 22.7 Å². The Hall–Kier alpha value is -5.41. The molecule has 16 heteroatoms. The zero-order valence-corrected chi connectivity index (χ0v) is 35.7. The number of halogens is 1. The summed E-state index contributed by atoms with van der Waals surface area (Å²) in [5, 5.41) is 9.21. The Labute approximate surface area is 361 Å². The van der Waals surface area contributed by atoms with Gasteiger partial charge in [0.15, 0.2) is 6.61 Å². The lowest BCUT2D eigenvalue weighted by Gasteiger charge is -2.38. The molecule has 0 spiro atoms. The zero-order chi connectivity index (χ0) is 43.0. The number of rotatable bonds is 18. The Bertz CT molecular complexity index is 2130. The van der Waals surface area contributed by atoms with Crippen molar-refractivity contribution >= 4 is 52.9 Å². The summed E-state index contributed by atoms with van der Waals surface area (Å²) in [5.74, 6) is -1.04. The van der Waals surface area contributed by atoms with E-state index in [1.54, 1.807) is 12.4 Å². The molecule has 3 aliphatic heterocycles. The molecule has 4 aliphatic rings. The van der Waals surface area contributed by atoms with Crippen LogP contribution in [0, 0.1) is 0 Å². The van der Waals surface area contributed by atoms with Gasteiger partial charge in [0, 0.05) is 56.3 Å². The van der Waals surface area contributed by atoms with Crippen molar-refractivity contribution in [2.24, 2.45) is 0 Å². The molecule has 2 saturated heterocycles. The van der Waals surface area contributed by atoms with E-state index in [4.69, 9.17) is 21.3 Å². The second-order valence-corrected chi connectivity index (χ2v) is 17.0. The number of amides is 6. The van der Waals surface area contributed by atoms with E-state index in [0.29, 0.717) is 43.0 Å². The number of imide groups is 2. The molecule has 1 aromatic heterocycles. The van der Waals surface area contributed by atoms with E-state index in [-0.39, 0.29) is 54.1 Å². The minimum Gasteiger partial charge on any atom is -0.483 e. The number of hydrogen-bond acceptors (Lipinski definition) is 11. The van der Waals surface area contributed by atoms with Gasteiger partial charge in [0.25, 0.3) is 17.7 Å². The SMILES string of the molecule is C[C@@H]1C[C@@H](C)c2c1ncnc2N1CCN(C(=O)[C@H](CNCCCCCCCCNC(=O)COc2cccc3c2C(=O)N(C2CCC(=O)NC2=O)C3=O)c2ccc(Cl)cc2)CC1. The highest BCUT2D eigenvalue weighted by atomic mass is 35.5. The molecule has 0 saturated carbocycles. The Morgan fingerprint density at radius 3 is 2.34 bits per heavy atom. The fourth-order valence-corrected chi connectivity index (χ4v) is 9.16. The van der Waals surface area contributed by atoms with Crippen molar-refractivity contribution in [3.8, 4) is 5.75 Å². The second-order valence-electron chi connectivity index (χ2n) is 16.5. The third kappa shape index (κ3) is 10.0. The molecule has 0 radical (unpaired) electrons. The molecule has 3 N–H and O–H groups in total. The first kappa shape index (κ1) is 43.7. The number of benzene rings is 2. The molecule has 61 heavy (non-hydrogen) atoms. The van der Waals surface area contributed by atoms with Crippen LogP contribution in [0.4, 0.5) is 5.82 Å². The van der Waals surface area contributed by atoms with Gasteiger partial charge in [-0.05, 0) is 73.9 Å². The van der Waals surface area contributed by atoms with E-state index >= 15 is 0 Å². The lowest BCUT2D eigenvalue weighted by atomic mass is 9.96. The predicted octanol–water partition coefficient (Wildman–Crippen LogP) is 4.70. The average molecular weight is 855 g/mol. The summed E-state index contributed by atoms with van der Waals surface area (Å²) < 4.78 is 5.67. The molecule has 6 amide bonds. The van der Waals surface area contributed by atoms with Gasteiger partial charge in [0.1, 0.15) is 23.9 Å². The van der Waals surface area contributed by atoms with Crippen LogP contribution < -0.4 is 25.6 Å². The first-order chi connectivity index (χ1) is 29.5. The fourth-order valence-electron chi connectivity index (χ4n) is 9.03. The van der Waals surface area contributed by atoms with Crippen LogP contribution in [0.25, 0.3) is 0 Å². The van der Waals surface area contributed by atoms with Gasteiger partial charge in [-0.25, -0.2) is 9.97 Å². The third-order valence-electron chi connectivity index (χ3n) is 12.3. The average Bonchev–Trinajstić information content (AvgIpc) is 3.70. The molecule has 0 bridgehead atoms. The number of hydrogen-bond donors (Lipinski definition) is 3. The predicted molar refractivity (Wildman–Crippen MR) is 229 cm³/mol. The van der Waals surface area contributed by atoms with Gasteiger partial charge >= 0.3 is 0 Å². The summed E-state index contributed by atoms with van der Waals surface area (Å²) in [6, 6.07) is 11.0. The number of fused-ring (bicyclic) bond motifs is 2. The summed E-state index contributed by atoms with van der Waals surface area (Å²) in [5.41, 5.74) is 3.48. The summed E-state index contributed by atoms with van der Waals surface area (Å²) in [4.78, 5) is 91.3. The van der Waals surface area contributed by atoms with Crippen LogP contribution in [0.5, 0.6) is 5.75 Å². The van der Waals surface area contributed by atoms with Gasteiger partial charge in [0.2, 0.25) is 17.7 Å². The third-order valence-corrected chi connectivity index (χ3v) is 12.5. The van der Waals surface area contributed by atoms with Crippen LogP contribution in [-0.2, 0) is 19.2 Å². The largest absolute Gasteiger partial charge is 0.483 e. The monoisotopic (exact) mass is 854 g/mol. The lowest BCUT2D eigenvalue weighted by molar-refractivity contribution is -0.136. The van der Waals surface area contributed by atoms with Crippen molar-refractivity contribution < 1.29 is 33.5 Å². The van der Waals surface area contributed by atoms with Gasteiger partial charge in [-0.2, -0.15) is 0 Å². The number of unbranched alkanes of at least 4 members (excludes halogenated alkanes) is 5. The molecule has 324 valence electrons. The Morgan fingerprint density at radius 1 is 0.885 bits per heavy atom. The number of carbonyl (C=O) groups is 6. The van der Waals surface area contributed by atoms with Crippen LogP contribution in [0.15, 0.2) is 48.8 Å². The first-order valence-electron chi connectivity index (χ1n) is 21.6. The second kappa shape index (κ2) is 20.0. The maximum absolute atomic E-state index is 14.0. The molecule has 2 aromatic carbocycles. The molecule has 4 heterocycles. The van der Waals surface area contributed by atoms with E-state index in [1.165, 1.54) is 17.7 Å². The minimum absolute atomic E-state index is 0.00606. The van der Waals surface area contributed by atoms with Gasteiger partial charge in [-0.3, -0.25) is 39.0 Å². The molecular formula is C45H55ClN8O7. The highest BCUT2D eigenvalue weighted by molar-refractivity contribution is 6.30. The maximum Gasteiger partial charge on any atom is 0.266 e. The Balaban J connectivity index is 0.779. The molecule has 15 nitrogen and oxygen atoms in total. The topological polar surface area (TPSA) is 183 Å². The van der Waals surface area contributed by atoms with E-state index in [2.05, 4.69) is 39.7 Å². The van der Waals surface area contributed by atoms with Crippen molar-refractivity contribution in [3.05, 3.63) is 81.8 Å². The lowest BCUT2D eigenvalue weighted by Crippen LogP contribution is -2.54. The van der Waals surface area contributed by atoms with E-state index in [0.717, 1.165) is 86.6 Å².